The minimum absolute atomic E-state index is 0.224. The second kappa shape index (κ2) is 13.9. The van der Waals surface area contributed by atoms with Gasteiger partial charge in [0.05, 0.1) is 16.4 Å². The Morgan fingerprint density at radius 3 is 1.35 bits per heavy atom. The number of carbonyl (C=O) groups is 3. The molecule has 4 aromatic rings. The summed E-state index contributed by atoms with van der Waals surface area (Å²) in [6, 6.07) is 27.1. The van der Waals surface area contributed by atoms with Gasteiger partial charge >= 0.3 is 11.9 Å². The van der Waals surface area contributed by atoms with Crippen LogP contribution in [0.5, 0.6) is 0 Å². The number of carbonyl (C=O) groups excluding carboxylic acids is 3. The van der Waals surface area contributed by atoms with E-state index in [1.807, 2.05) is 65.6 Å². The van der Waals surface area contributed by atoms with E-state index in [-0.39, 0.29) is 10.8 Å². The van der Waals surface area contributed by atoms with Crippen molar-refractivity contribution in [2.24, 2.45) is 10.3 Å². The fourth-order valence-electron chi connectivity index (χ4n) is 4.11. The molecule has 0 bridgehead atoms. The number of oxime groups is 2. The molecule has 4 aromatic carbocycles. The molecule has 218 valence electrons. The topological polar surface area (TPSA) is 97.6 Å². The third-order valence-corrected chi connectivity index (χ3v) is 6.82. The maximum atomic E-state index is 13.2. The summed E-state index contributed by atoms with van der Waals surface area (Å²) in [5, 5.41) is 8.45. The zero-order chi connectivity index (χ0) is 31.1. The average Bonchev–Trinajstić information content (AvgIpc) is 2.99. The SMILES string of the molecule is CC(=O)O/N=C(/C)c1ccc(N(c2ccc(C(=O)c3ccc(Cl)cc3Cl)cc2)c2ccc(/C(C)=N/OC(C)=O)cc2)cc1. The lowest BCUT2D eigenvalue weighted by Gasteiger charge is -2.26. The Balaban J connectivity index is 1.71. The predicted octanol–water partition coefficient (Wildman–Crippen LogP) is 8.27. The van der Waals surface area contributed by atoms with Crippen LogP contribution in [0.15, 0.2) is 101 Å². The normalized spacial score (nSPS) is 11.6. The fraction of sp³-hybridized carbons (Fsp3) is 0.121. The van der Waals surface area contributed by atoms with Crippen molar-refractivity contribution in [3.8, 4) is 0 Å². The van der Waals surface area contributed by atoms with Crippen molar-refractivity contribution in [1.29, 1.82) is 0 Å². The van der Waals surface area contributed by atoms with Crippen molar-refractivity contribution < 1.29 is 24.1 Å². The maximum Gasteiger partial charge on any atom is 0.331 e. The smallest absolute Gasteiger partial charge is 0.318 e. The minimum Gasteiger partial charge on any atom is -0.318 e. The minimum atomic E-state index is -0.501. The number of nitrogens with zero attached hydrogens (tertiary/aromatic N) is 3. The molecule has 10 heteroatoms. The molecule has 0 saturated heterocycles. The van der Waals surface area contributed by atoms with Crippen LogP contribution in [0.1, 0.15) is 54.7 Å². The van der Waals surface area contributed by atoms with Gasteiger partial charge < -0.3 is 14.6 Å². The Labute approximate surface area is 259 Å². The van der Waals surface area contributed by atoms with Crippen LogP contribution in [0.2, 0.25) is 10.0 Å². The molecular formula is C33H27Cl2N3O5. The molecule has 0 heterocycles. The summed E-state index contributed by atoms with van der Waals surface area (Å²) in [5.41, 5.74) is 5.90. The first-order chi connectivity index (χ1) is 20.5. The molecule has 0 N–H and O–H groups in total. The molecule has 0 unspecified atom stereocenters. The summed E-state index contributed by atoms with van der Waals surface area (Å²) >= 11 is 12.3. The molecule has 0 aliphatic heterocycles. The van der Waals surface area contributed by atoms with Crippen molar-refractivity contribution in [3.63, 3.8) is 0 Å². The van der Waals surface area contributed by atoms with Gasteiger partial charge in [-0.25, -0.2) is 9.59 Å². The number of halogens is 2. The first kappa shape index (κ1) is 31.2. The molecule has 0 aromatic heterocycles. The summed E-state index contributed by atoms with van der Waals surface area (Å²) in [6.07, 6.45) is 0. The Morgan fingerprint density at radius 2 is 0.977 bits per heavy atom. The van der Waals surface area contributed by atoms with Crippen LogP contribution in [0, 0.1) is 0 Å². The first-order valence-corrected chi connectivity index (χ1v) is 13.8. The number of rotatable bonds is 9. The molecular weight excluding hydrogens is 589 g/mol. The average molecular weight is 617 g/mol. The van der Waals surface area contributed by atoms with Crippen molar-refractivity contribution in [2.75, 3.05) is 4.90 Å². The molecule has 43 heavy (non-hydrogen) atoms. The zero-order valence-electron chi connectivity index (χ0n) is 23.8. The summed E-state index contributed by atoms with van der Waals surface area (Å²) in [4.78, 5) is 47.0. The van der Waals surface area contributed by atoms with Gasteiger partial charge in [-0.15, -0.1) is 0 Å². The summed E-state index contributed by atoms with van der Waals surface area (Å²) in [7, 11) is 0. The van der Waals surface area contributed by atoms with E-state index in [0.717, 1.165) is 28.2 Å². The molecule has 4 rings (SSSR count). The van der Waals surface area contributed by atoms with Gasteiger partial charge in [0.2, 0.25) is 0 Å². The van der Waals surface area contributed by atoms with Gasteiger partial charge in [-0.1, -0.05) is 57.8 Å². The molecule has 0 atom stereocenters. The largest absolute Gasteiger partial charge is 0.331 e. The monoisotopic (exact) mass is 615 g/mol. The molecule has 0 amide bonds. The molecule has 8 nitrogen and oxygen atoms in total. The van der Waals surface area contributed by atoms with E-state index in [0.29, 0.717) is 27.6 Å². The molecule has 0 saturated carbocycles. The van der Waals surface area contributed by atoms with Gasteiger partial charge in [0.15, 0.2) is 5.78 Å². The van der Waals surface area contributed by atoms with Crippen LogP contribution in [0.4, 0.5) is 17.1 Å². The maximum absolute atomic E-state index is 13.2. The second-order valence-electron chi connectivity index (χ2n) is 9.45. The number of benzene rings is 4. The van der Waals surface area contributed by atoms with Gasteiger partial charge in [0.25, 0.3) is 0 Å². The van der Waals surface area contributed by atoms with Crippen LogP contribution >= 0.6 is 23.2 Å². The van der Waals surface area contributed by atoms with Crippen molar-refractivity contribution in [2.45, 2.75) is 27.7 Å². The van der Waals surface area contributed by atoms with Gasteiger partial charge in [-0.2, -0.15) is 0 Å². The fourth-order valence-corrected chi connectivity index (χ4v) is 4.61. The number of hydrogen-bond acceptors (Lipinski definition) is 8. The van der Waals surface area contributed by atoms with Gasteiger partial charge in [-0.05, 0) is 91.7 Å². The molecule has 0 fully saturated rings. The highest BCUT2D eigenvalue weighted by molar-refractivity contribution is 6.37. The van der Waals surface area contributed by atoms with Crippen LogP contribution in [-0.2, 0) is 19.3 Å². The molecule has 0 aliphatic carbocycles. The Bertz CT molecular complexity index is 1640. The zero-order valence-corrected chi connectivity index (χ0v) is 25.3. The van der Waals surface area contributed by atoms with E-state index in [1.54, 1.807) is 38.1 Å². The number of anilines is 3. The third-order valence-electron chi connectivity index (χ3n) is 6.27. The summed E-state index contributed by atoms with van der Waals surface area (Å²) in [6.45, 7) is 6.07. The lowest BCUT2D eigenvalue weighted by atomic mass is 10.0. The van der Waals surface area contributed by atoms with Gasteiger partial charge in [0, 0.05) is 47.1 Å². The van der Waals surface area contributed by atoms with Gasteiger partial charge in [0.1, 0.15) is 0 Å². The number of hydrogen-bond donors (Lipinski definition) is 0. The summed E-state index contributed by atoms with van der Waals surface area (Å²) in [5.74, 6) is -1.23. The molecule has 0 radical (unpaired) electrons. The third kappa shape index (κ3) is 7.94. The van der Waals surface area contributed by atoms with E-state index >= 15 is 0 Å². The second-order valence-corrected chi connectivity index (χ2v) is 10.3. The van der Waals surface area contributed by atoms with E-state index in [2.05, 4.69) is 10.3 Å². The van der Waals surface area contributed by atoms with Crippen molar-refractivity contribution >= 4 is 69.4 Å². The van der Waals surface area contributed by atoms with Gasteiger partial charge in [-0.3, -0.25) is 4.79 Å². The molecule has 0 aliphatic rings. The van der Waals surface area contributed by atoms with Crippen molar-refractivity contribution in [1.82, 2.24) is 0 Å². The van der Waals surface area contributed by atoms with Crippen LogP contribution < -0.4 is 4.90 Å². The molecule has 0 spiro atoms. The Morgan fingerprint density at radius 1 is 0.581 bits per heavy atom. The van der Waals surface area contributed by atoms with Crippen molar-refractivity contribution in [3.05, 3.63) is 123 Å². The highest BCUT2D eigenvalue weighted by Crippen LogP contribution is 2.35. The van der Waals surface area contributed by atoms with E-state index < -0.39 is 11.9 Å². The lowest BCUT2D eigenvalue weighted by molar-refractivity contribution is -0.141. The van der Waals surface area contributed by atoms with Crippen LogP contribution in [-0.4, -0.2) is 29.1 Å². The standard InChI is InChI=1S/C33H27Cl2N3O5/c1-20(36-42-22(3)39)24-5-12-28(13-6-24)38(29-14-7-25(8-15-29)21(2)37-43-23(4)40)30-16-9-26(10-17-30)33(41)31-18-11-27(34)19-32(31)35/h5-19H,1-4H3/b36-20-,37-21+. The van der Waals surface area contributed by atoms with E-state index in [4.69, 9.17) is 32.9 Å². The first-order valence-electron chi connectivity index (χ1n) is 13.1. The Kier molecular flexibility index (Phi) is 10.1. The van der Waals surface area contributed by atoms with Crippen LogP contribution in [0.25, 0.3) is 0 Å². The quantitative estimate of drug-likeness (QED) is 0.0813. The summed E-state index contributed by atoms with van der Waals surface area (Å²) < 4.78 is 0. The lowest BCUT2D eigenvalue weighted by Crippen LogP contribution is -2.11. The van der Waals surface area contributed by atoms with E-state index in [1.165, 1.54) is 19.9 Å². The highest BCUT2D eigenvalue weighted by atomic mass is 35.5. The Hall–Kier alpha value is -4.79. The number of ketones is 1. The van der Waals surface area contributed by atoms with E-state index in [9.17, 15) is 14.4 Å². The predicted molar refractivity (Wildman–Crippen MR) is 169 cm³/mol. The highest BCUT2D eigenvalue weighted by Gasteiger charge is 2.17. The van der Waals surface area contributed by atoms with Crippen LogP contribution in [0.3, 0.4) is 0 Å².